The van der Waals surface area contributed by atoms with Crippen LogP contribution in [0.15, 0.2) is 273 Å². The number of benzene rings is 11. The molecule has 0 unspecified atom stereocenters. The quantitative estimate of drug-likeness (QED) is 0.133. The van der Waals surface area contributed by atoms with E-state index in [1.165, 1.54) is 0 Å². The molecule has 0 heterocycles. The molecule has 0 aromatic heterocycles. The fourth-order valence-electron chi connectivity index (χ4n) is 8.65. The molecule has 0 fully saturated rings. The smallest absolute Gasteiger partial charge is 0.0645 e. The van der Waals surface area contributed by atoms with Crippen LogP contribution in [0, 0.1) is 0 Å². The van der Waals surface area contributed by atoms with Crippen LogP contribution in [0.2, 0.25) is 0 Å². The zero-order valence-electron chi connectivity index (χ0n) is 42.4. The highest BCUT2D eigenvalue weighted by Crippen LogP contribution is 2.45. The van der Waals surface area contributed by atoms with E-state index in [1.54, 1.807) is 4.90 Å². The van der Waals surface area contributed by atoms with Crippen molar-refractivity contribution in [1.29, 1.82) is 0 Å². The van der Waals surface area contributed by atoms with Gasteiger partial charge in [-0.1, -0.05) is 218 Å². The minimum atomic E-state index is -0.342. The average molecular weight is 835 g/mol. The lowest BCUT2D eigenvalue weighted by atomic mass is 9.89. The maximum atomic E-state index is 10.0. The van der Waals surface area contributed by atoms with Crippen LogP contribution in [0.3, 0.4) is 0 Å². The van der Waals surface area contributed by atoms with E-state index in [1.807, 2.05) is 188 Å². The van der Waals surface area contributed by atoms with Crippen LogP contribution in [0.5, 0.6) is 0 Å². The molecule has 11 aromatic rings. The molecule has 0 saturated carbocycles. The van der Waals surface area contributed by atoms with Crippen LogP contribution in [-0.2, 0) is 0 Å². The predicted molar refractivity (Wildman–Crippen MR) is 277 cm³/mol. The van der Waals surface area contributed by atoms with Gasteiger partial charge in [-0.2, -0.15) is 0 Å². The minimum absolute atomic E-state index is 0.00804. The summed E-state index contributed by atoms with van der Waals surface area (Å²) in [5, 5.41) is 2.13. The van der Waals surface area contributed by atoms with Crippen molar-refractivity contribution in [2.24, 2.45) is 0 Å². The van der Waals surface area contributed by atoms with Gasteiger partial charge in [-0.15, -0.1) is 0 Å². The highest BCUT2D eigenvalue weighted by atomic mass is 15.1. The predicted octanol–water partition coefficient (Wildman–Crippen LogP) is 18.0. The molecule has 0 amide bonds. The molecule has 0 aliphatic rings. The summed E-state index contributed by atoms with van der Waals surface area (Å²) in [6, 6.07) is 72.9. The van der Waals surface area contributed by atoms with E-state index in [-0.39, 0.29) is 64.8 Å². The van der Waals surface area contributed by atoms with Crippen molar-refractivity contribution in [2.45, 2.75) is 0 Å². The second kappa shape index (κ2) is 17.7. The first-order valence-corrected chi connectivity index (χ1v) is 21.8. The van der Waals surface area contributed by atoms with E-state index in [0.717, 1.165) is 55.3 Å². The summed E-state index contributed by atoms with van der Waals surface area (Å²) < 4.78 is 69.4. The van der Waals surface area contributed by atoms with Crippen molar-refractivity contribution >= 4 is 27.8 Å². The SMILES string of the molecule is [2H]c1c([2H])c(N(c2ccc(-c3c(-c4ccccc4)ccc4ccccc34)cc2)c2c([2H])c([2H])c(-c3ccccc3)c([2H])c2-c2ccccc2)c([2H])c([2H])c1-c1cc(-c2ccccc2)cc(-c2ccccc2)c1. The van der Waals surface area contributed by atoms with Gasteiger partial charge in [0, 0.05) is 16.9 Å². The van der Waals surface area contributed by atoms with E-state index in [2.05, 4.69) is 42.5 Å². The summed E-state index contributed by atoms with van der Waals surface area (Å²) in [6.07, 6.45) is 0. The van der Waals surface area contributed by atoms with Crippen molar-refractivity contribution < 1.29 is 9.60 Å². The van der Waals surface area contributed by atoms with E-state index in [9.17, 15) is 9.60 Å². The summed E-state index contributed by atoms with van der Waals surface area (Å²) in [5.74, 6) is 0. The standard InChI is InChI=1S/C64H45N/c1-6-18-46(19-7-1)54-35-41-63(62(45-54)51-26-14-5-15-27-51)65(59-38-32-53(33-39-59)64-60-29-17-16-28-52(60)34-40-61(64)50-24-12-4-13-25-50)58-36-30-49(31-37-58)57-43-55(47-20-8-2-9-21-47)42-56(44-57)48-22-10-3-11-23-48/h1-45H/i30D,31D,35D,36D,37D,41D,45D. The Balaban J connectivity index is 1.19. The molecule has 0 spiro atoms. The van der Waals surface area contributed by atoms with Crippen molar-refractivity contribution in [2.75, 3.05) is 4.90 Å². The number of hydrogen-bond acceptors (Lipinski definition) is 1. The van der Waals surface area contributed by atoms with Gasteiger partial charge >= 0.3 is 0 Å². The molecule has 1 nitrogen and oxygen atoms in total. The third-order valence-corrected chi connectivity index (χ3v) is 11.8. The summed E-state index contributed by atoms with van der Waals surface area (Å²) >= 11 is 0. The third-order valence-electron chi connectivity index (χ3n) is 11.8. The number of anilines is 3. The fraction of sp³-hybridized carbons (Fsp3) is 0. The second-order valence-corrected chi connectivity index (χ2v) is 15.9. The molecule has 306 valence electrons. The number of rotatable bonds is 10. The van der Waals surface area contributed by atoms with Gasteiger partial charge in [0.1, 0.15) is 0 Å². The highest BCUT2D eigenvalue weighted by Gasteiger charge is 2.20. The van der Waals surface area contributed by atoms with E-state index in [4.69, 9.17) is 0 Å². The lowest BCUT2D eigenvalue weighted by molar-refractivity contribution is 1.28. The highest BCUT2D eigenvalue weighted by molar-refractivity contribution is 6.04. The maximum absolute atomic E-state index is 10.0. The van der Waals surface area contributed by atoms with Crippen molar-refractivity contribution in [3.63, 3.8) is 0 Å². The summed E-state index contributed by atoms with van der Waals surface area (Å²) in [5.41, 5.74) is 10.4. The van der Waals surface area contributed by atoms with E-state index < -0.39 is 0 Å². The van der Waals surface area contributed by atoms with Crippen LogP contribution >= 0.6 is 0 Å². The zero-order chi connectivity index (χ0) is 49.5. The van der Waals surface area contributed by atoms with Crippen LogP contribution in [-0.4, -0.2) is 0 Å². The lowest BCUT2D eigenvalue weighted by Crippen LogP contribution is -2.11. The second-order valence-electron chi connectivity index (χ2n) is 15.9. The van der Waals surface area contributed by atoms with Gasteiger partial charge in [0.25, 0.3) is 0 Å². The van der Waals surface area contributed by atoms with Gasteiger partial charge in [0.2, 0.25) is 0 Å². The van der Waals surface area contributed by atoms with Crippen LogP contribution in [0.1, 0.15) is 9.60 Å². The molecule has 11 rings (SSSR count). The fourth-order valence-corrected chi connectivity index (χ4v) is 8.65. The van der Waals surface area contributed by atoms with Gasteiger partial charge in [-0.25, -0.2) is 0 Å². The van der Waals surface area contributed by atoms with Gasteiger partial charge < -0.3 is 4.90 Å². The Labute approximate surface area is 391 Å². The molecule has 1 heteroatoms. The largest absolute Gasteiger partial charge is 0.310 e. The molecule has 0 atom stereocenters. The Morgan fingerprint density at radius 3 is 1.28 bits per heavy atom. The van der Waals surface area contributed by atoms with Gasteiger partial charge in [-0.05, 0) is 138 Å². The van der Waals surface area contributed by atoms with Crippen LogP contribution < -0.4 is 4.90 Å². The molecule has 0 aliphatic carbocycles. The molecule has 65 heavy (non-hydrogen) atoms. The van der Waals surface area contributed by atoms with Crippen molar-refractivity contribution in [3.8, 4) is 77.9 Å². The van der Waals surface area contributed by atoms with Crippen molar-refractivity contribution in [1.82, 2.24) is 0 Å². The van der Waals surface area contributed by atoms with Gasteiger partial charge in [0.15, 0.2) is 0 Å². The molecular formula is C64H45N. The van der Waals surface area contributed by atoms with E-state index in [0.29, 0.717) is 27.9 Å². The van der Waals surface area contributed by atoms with Gasteiger partial charge in [-0.3, -0.25) is 0 Å². The Morgan fingerprint density at radius 1 is 0.277 bits per heavy atom. The number of nitrogens with zero attached hydrogens (tertiary/aromatic N) is 1. The van der Waals surface area contributed by atoms with Gasteiger partial charge in [0.05, 0.1) is 15.3 Å². The molecule has 0 radical (unpaired) electrons. The van der Waals surface area contributed by atoms with Crippen molar-refractivity contribution in [3.05, 3.63) is 273 Å². The Hall–Kier alpha value is -8.52. The average Bonchev–Trinajstić information content (AvgIpc) is 3.43. The first-order chi connectivity index (χ1) is 35.2. The monoisotopic (exact) mass is 834 g/mol. The molecule has 11 aromatic carbocycles. The third kappa shape index (κ3) is 8.04. The molecule has 0 aliphatic heterocycles. The molecule has 0 saturated heterocycles. The lowest BCUT2D eigenvalue weighted by Gasteiger charge is -2.29. The Bertz CT molecular complexity index is 3710. The van der Waals surface area contributed by atoms with Crippen LogP contribution in [0.4, 0.5) is 17.1 Å². The number of fused-ring (bicyclic) bond motifs is 1. The summed E-state index contributed by atoms with van der Waals surface area (Å²) in [4.78, 5) is 1.57. The topological polar surface area (TPSA) is 3.24 Å². The summed E-state index contributed by atoms with van der Waals surface area (Å²) in [6.45, 7) is 0. The molecular weight excluding hydrogens is 783 g/mol. The zero-order valence-corrected chi connectivity index (χ0v) is 35.4. The molecule has 0 bridgehead atoms. The first kappa shape index (κ1) is 32.2. The first-order valence-electron chi connectivity index (χ1n) is 25.3. The Morgan fingerprint density at radius 2 is 0.723 bits per heavy atom. The number of hydrogen-bond donors (Lipinski definition) is 0. The molecule has 0 N–H and O–H groups in total. The van der Waals surface area contributed by atoms with E-state index >= 15 is 0 Å². The van der Waals surface area contributed by atoms with Crippen LogP contribution in [0.25, 0.3) is 88.7 Å². The normalized spacial score (nSPS) is 12.6. The summed E-state index contributed by atoms with van der Waals surface area (Å²) in [7, 11) is 0. The minimum Gasteiger partial charge on any atom is -0.310 e. The maximum Gasteiger partial charge on any atom is 0.0645 e. The Kier molecular flexibility index (Phi) is 8.76.